The Morgan fingerprint density at radius 1 is 0.699 bits per heavy atom. The van der Waals surface area contributed by atoms with Gasteiger partial charge in [0.2, 0.25) is 47.3 Å². The molecule has 27 heteroatoms. The number of hydrogen-bond donors (Lipinski definition) is 15. The molecule has 73 heavy (non-hydrogen) atoms. The average molecular weight is 1030 g/mol. The lowest BCUT2D eigenvalue weighted by Gasteiger charge is -2.29. The van der Waals surface area contributed by atoms with E-state index in [1.807, 2.05) is 12.1 Å². The Balaban J connectivity index is 1.85. The van der Waals surface area contributed by atoms with Crippen molar-refractivity contribution in [3.8, 4) is 0 Å². The maximum Gasteiger partial charge on any atom is 0.326 e. The topological polar surface area (TPSA) is 472 Å². The van der Waals surface area contributed by atoms with Gasteiger partial charge < -0.3 is 87.0 Å². The van der Waals surface area contributed by atoms with Crippen LogP contribution in [0.4, 0.5) is 0 Å². The molecule has 0 aliphatic carbocycles. The molecule has 22 N–H and O–H groups in total. The summed E-state index contributed by atoms with van der Waals surface area (Å²) < 4.78 is 0. The molecule has 0 unspecified atom stereocenters. The number of unbranched alkanes of at least 4 members (excludes halogenated alkanes) is 1. The van der Waals surface area contributed by atoms with Gasteiger partial charge in [0.15, 0.2) is 11.9 Å². The van der Waals surface area contributed by atoms with Crippen LogP contribution in [0.2, 0.25) is 0 Å². The van der Waals surface area contributed by atoms with Crippen molar-refractivity contribution in [2.24, 2.45) is 56.0 Å². The van der Waals surface area contributed by atoms with E-state index in [2.05, 4.69) is 46.9 Å². The Morgan fingerprint density at radius 2 is 1.22 bits per heavy atom. The van der Waals surface area contributed by atoms with E-state index in [1.165, 1.54) is 11.8 Å². The van der Waals surface area contributed by atoms with Crippen LogP contribution < -0.4 is 72.0 Å². The number of likely N-dealkylation sites (tertiary alicyclic amines) is 1. The molecule has 1 fully saturated rings. The van der Waals surface area contributed by atoms with Crippen LogP contribution in [0.5, 0.6) is 0 Å². The first-order chi connectivity index (χ1) is 34.5. The Bertz CT molecular complexity index is 2290. The quantitative estimate of drug-likeness (QED) is 0.0193. The van der Waals surface area contributed by atoms with Gasteiger partial charge in [0.05, 0.1) is 12.5 Å². The summed E-state index contributed by atoms with van der Waals surface area (Å²) in [5.41, 5.74) is 40.4. The molecule has 0 spiro atoms. The normalized spacial score (nSPS) is 16.1. The molecule has 1 aromatic heterocycles. The number of aliphatic carboxylic acids is 1. The number of carboxylic acid groups (broad SMARTS) is 1. The standard InChI is InChI=1S/C46H75N17O10/c1-24(2)36(42(70)59-31(15-9-19-55-46(52)53)39(67)61-33(44(72)73)21-26-23-56-28-12-5-4-11-27(26)28)62-40(68)32(22-35(49)64)60-38(66)29(13-6-7-17-47)57-37(65)30(14-8-18-54-45(50)51)58-41(69)34-16-10-20-63(34)43(71)25(3)48/h4-5,11-12,23-25,29-34,36,56H,6-10,13-22,47-48H2,1-3H3,(H2,49,64)(H,57,65)(H,58,69)(H,59,70)(H,60,66)(H,61,67)(H,62,68)(H,72,73)(H4,50,51,54)(H4,52,53,55)/t25-,29-,30-,31-,32-,33-,34-,36-/m0/s1. The predicted molar refractivity (Wildman–Crippen MR) is 271 cm³/mol. The minimum atomic E-state index is -1.70. The van der Waals surface area contributed by atoms with E-state index < -0.39 is 114 Å². The first-order valence-corrected chi connectivity index (χ1v) is 24.3. The number of hydrogen-bond acceptors (Lipinski definition) is 13. The summed E-state index contributed by atoms with van der Waals surface area (Å²) in [6.45, 7) is 5.32. The smallest absolute Gasteiger partial charge is 0.326 e. The highest BCUT2D eigenvalue weighted by atomic mass is 16.4. The molecule has 8 amide bonds. The molecule has 2 heterocycles. The first-order valence-electron chi connectivity index (χ1n) is 24.3. The number of aliphatic imine (C=N–C) groups is 2. The van der Waals surface area contributed by atoms with Gasteiger partial charge in [0.1, 0.15) is 42.3 Å². The fourth-order valence-electron chi connectivity index (χ4n) is 8.14. The number of aromatic amines is 1. The molecule has 8 atom stereocenters. The molecular formula is C46H75N17O10. The third-order valence-electron chi connectivity index (χ3n) is 12.0. The van der Waals surface area contributed by atoms with Crippen LogP contribution in [0.1, 0.15) is 90.5 Å². The molecule has 1 aromatic carbocycles. The summed E-state index contributed by atoms with van der Waals surface area (Å²) >= 11 is 0. The van der Waals surface area contributed by atoms with E-state index in [4.69, 9.17) is 40.1 Å². The van der Waals surface area contributed by atoms with Gasteiger partial charge in [-0.15, -0.1) is 0 Å². The van der Waals surface area contributed by atoms with Gasteiger partial charge in [-0.3, -0.25) is 48.3 Å². The summed E-state index contributed by atoms with van der Waals surface area (Å²) in [5.74, 6) is -8.98. The minimum Gasteiger partial charge on any atom is -0.480 e. The van der Waals surface area contributed by atoms with Crippen LogP contribution in [-0.4, -0.2) is 155 Å². The zero-order chi connectivity index (χ0) is 54.4. The molecular weight excluding hydrogens is 951 g/mol. The number of nitrogens with two attached hydrogens (primary N) is 7. The molecule has 1 aliphatic rings. The first kappa shape index (κ1) is 59.8. The number of guanidine groups is 2. The second-order valence-corrected chi connectivity index (χ2v) is 18.3. The number of amides is 8. The number of carbonyl (C=O) groups is 9. The molecule has 27 nitrogen and oxygen atoms in total. The summed E-state index contributed by atoms with van der Waals surface area (Å²) in [6, 6.07) is -3.09. The van der Waals surface area contributed by atoms with Crippen LogP contribution in [0.15, 0.2) is 40.4 Å². The van der Waals surface area contributed by atoms with Crippen molar-refractivity contribution in [2.45, 2.75) is 140 Å². The van der Waals surface area contributed by atoms with Crippen molar-refractivity contribution in [2.75, 3.05) is 26.2 Å². The molecule has 1 aliphatic heterocycles. The molecule has 1 saturated heterocycles. The van der Waals surface area contributed by atoms with Crippen molar-refractivity contribution in [3.63, 3.8) is 0 Å². The zero-order valence-corrected chi connectivity index (χ0v) is 41.7. The third kappa shape index (κ3) is 19.5. The van der Waals surface area contributed by atoms with E-state index >= 15 is 0 Å². The summed E-state index contributed by atoms with van der Waals surface area (Å²) in [5, 5.41) is 26.4. The number of carbonyl (C=O) groups excluding carboxylic acids is 8. The van der Waals surface area contributed by atoms with Gasteiger partial charge in [-0.1, -0.05) is 32.0 Å². The number of nitrogens with zero attached hydrogens (tertiary/aromatic N) is 3. The fourth-order valence-corrected chi connectivity index (χ4v) is 8.14. The summed E-state index contributed by atoms with van der Waals surface area (Å²) in [7, 11) is 0. The highest BCUT2D eigenvalue weighted by molar-refractivity contribution is 5.99. The second kappa shape index (κ2) is 29.7. The summed E-state index contributed by atoms with van der Waals surface area (Å²) in [4.78, 5) is 134. The van der Waals surface area contributed by atoms with Crippen molar-refractivity contribution < 1.29 is 48.3 Å². The van der Waals surface area contributed by atoms with Crippen LogP contribution in [0.3, 0.4) is 0 Å². The lowest BCUT2D eigenvalue weighted by atomic mass is 10.0. The highest BCUT2D eigenvalue weighted by Crippen LogP contribution is 2.21. The van der Waals surface area contributed by atoms with Gasteiger partial charge in [0.25, 0.3) is 0 Å². The number of benzene rings is 1. The van der Waals surface area contributed by atoms with E-state index in [1.54, 1.807) is 32.2 Å². The molecule has 3 rings (SSSR count). The summed E-state index contributed by atoms with van der Waals surface area (Å²) in [6.07, 6.45) is 2.63. The maximum absolute atomic E-state index is 14.1. The van der Waals surface area contributed by atoms with Crippen molar-refractivity contribution in [3.05, 3.63) is 36.0 Å². The van der Waals surface area contributed by atoms with Gasteiger partial charge >= 0.3 is 5.97 Å². The van der Waals surface area contributed by atoms with Crippen LogP contribution in [0, 0.1) is 5.92 Å². The number of primary amides is 1. The Kier molecular flexibility index (Phi) is 24.3. The van der Waals surface area contributed by atoms with Gasteiger partial charge in [-0.05, 0) is 88.8 Å². The van der Waals surface area contributed by atoms with Gasteiger partial charge in [-0.2, -0.15) is 0 Å². The lowest BCUT2D eigenvalue weighted by molar-refractivity contribution is -0.142. The number of nitrogens with one attached hydrogen (secondary N) is 7. The zero-order valence-electron chi connectivity index (χ0n) is 41.7. The van der Waals surface area contributed by atoms with E-state index in [9.17, 15) is 48.3 Å². The third-order valence-corrected chi connectivity index (χ3v) is 12.0. The number of aromatic nitrogens is 1. The van der Waals surface area contributed by atoms with Crippen LogP contribution in [0.25, 0.3) is 10.9 Å². The van der Waals surface area contributed by atoms with Crippen LogP contribution in [-0.2, 0) is 49.6 Å². The Morgan fingerprint density at radius 3 is 1.75 bits per heavy atom. The molecule has 404 valence electrons. The predicted octanol–water partition coefficient (Wildman–Crippen LogP) is -4.19. The maximum atomic E-state index is 14.1. The highest BCUT2D eigenvalue weighted by Gasteiger charge is 2.38. The van der Waals surface area contributed by atoms with Crippen molar-refractivity contribution >= 4 is 76.0 Å². The Labute approximate surface area is 423 Å². The van der Waals surface area contributed by atoms with E-state index in [-0.39, 0.29) is 76.6 Å². The molecule has 0 saturated carbocycles. The van der Waals surface area contributed by atoms with E-state index in [0.29, 0.717) is 31.2 Å². The van der Waals surface area contributed by atoms with Gasteiger partial charge in [0, 0.05) is 43.2 Å². The monoisotopic (exact) mass is 1030 g/mol. The fraction of sp³-hybridized carbons (Fsp3) is 0.587. The van der Waals surface area contributed by atoms with Crippen molar-refractivity contribution in [1.82, 2.24) is 41.8 Å². The number of H-pyrrole nitrogens is 1. The number of carboxylic acids is 1. The molecule has 0 radical (unpaired) electrons. The SMILES string of the molecule is CC(C)[C@H](NC(=O)[C@H](CC(N)=O)NC(=O)[C@H](CCCCN)NC(=O)[C@H](CCCN=C(N)N)NC(=O)[C@@H]1CCCN1C(=O)[C@H](C)N)C(=O)N[C@@H](CCCN=C(N)N)C(=O)N[C@@H](Cc1c[nH]c2ccccc12)C(=O)O. The second-order valence-electron chi connectivity index (χ2n) is 18.3. The van der Waals surface area contributed by atoms with E-state index in [0.717, 1.165) is 10.9 Å². The number of para-hydroxylation sites is 1. The minimum absolute atomic E-state index is 0.00521. The Hall–Kier alpha value is -7.55. The lowest BCUT2D eigenvalue weighted by Crippen LogP contribution is -2.61. The van der Waals surface area contributed by atoms with Crippen molar-refractivity contribution in [1.29, 1.82) is 0 Å². The average Bonchev–Trinajstić information content (AvgIpc) is 3.99. The number of fused-ring (bicyclic) bond motifs is 1. The number of rotatable bonds is 31. The van der Waals surface area contributed by atoms with Gasteiger partial charge in [-0.25, -0.2) is 4.79 Å². The molecule has 2 aromatic rings. The molecule has 0 bridgehead atoms. The van der Waals surface area contributed by atoms with Crippen LogP contribution >= 0.6 is 0 Å². The largest absolute Gasteiger partial charge is 0.480 e.